The van der Waals surface area contributed by atoms with Gasteiger partial charge in [-0.1, -0.05) is 68.6 Å². The van der Waals surface area contributed by atoms with Crippen LogP contribution >= 0.6 is 24.0 Å². The van der Waals surface area contributed by atoms with Gasteiger partial charge in [0.25, 0.3) is 11.5 Å². The molecule has 3 aromatic rings. The van der Waals surface area contributed by atoms with Crippen molar-refractivity contribution in [3.63, 3.8) is 0 Å². The molecular weight excluding hydrogens is 626 g/mol. The number of thioether (sulfide) groups is 1. The molecule has 244 valence electrons. The molecule has 2 fully saturated rings. The van der Waals surface area contributed by atoms with Gasteiger partial charge in [0.2, 0.25) is 0 Å². The number of benzene rings is 1. The van der Waals surface area contributed by atoms with Crippen molar-refractivity contribution >= 4 is 63.4 Å². The monoisotopic (exact) mass is 665 g/mol. The Kier molecular flexibility index (Phi) is 11.5. The molecule has 1 amide bonds. The minimum Gasteiger partial charge on any atom is -0.481 e. The number of carbonyl (C=O) groups excluding carboxylic acids is 1. The van der Waals surface area contributed by atoms with Crippen LogP contribution in [0.5, 0.6) is 0 Å². The summed E-state index contributed by atoms with van der Waals surface area (Å²) in [4.78, 5) is 49.3. The number of hydrogen-bond acceptors (Lipinski definition) is 8. The molecule has 12 heteroatoms. The smallest absolute Gasteiger partial charge is 0.303 e. The Balaban J connectivity index is 1.26. The molecule has 0 unspecified atom stereocenters. The van der Waals surface area contributed by atoms with Crippen LogP contribution in [0.2, 0.25) is 0 Å². The number of unbranched alkanes of at least 4 members (excludes halogenated alkanes) is 7. The average molecular weight is 666 g/mol. The van der Waals surface area contributed by atoms with Crippen LogP contribution in [-0.2, 0) is 9.59 Å². The van der Waals surface area contributed by atoms with E-state index >= 15 is 0 Å². The number of aryl methyl sites for hydroxylation is 1. The summed E-state index contributed by atoms with van der Waals surface area (Å²) in [6.07, 6.45) is 11.4. The summed E-state index contributed by atoms with van der Waals surface area (Å²) in [6.45, 7) is 5.01. The lowest BCUT2D eigenvalue weighted by atomic mass is 10.1. The summed E-state index contributed by atoms with van der Waals surface area (Å²) in [5.41, 5.74) is 2.53. The SMILES string of the molecule is Cc1ccc2nc(N3CCN(c4ccc(F)cc4)CC3)c(C=C3SC(=S)N(CCCCCCCCCCC(=O)O)C3=O)c(=O)n2c1. The van der Waals surface area contributed by atoms with Crippen molar-refractivity contribution in [1.82, 2.24) is 14.3 Å². The van der Waals surface area contributed by atoms with E-state index in [1.54, 1.807) is 29.3 Å². The van der Waals surface area contributed by atoms with Crippen molar-refractivity contribution in [2.24, 2.45) is 0 Å². The van der Waals surface area contributed by atoms with Gasteiger partial charge in [-0.05, 0) is 61.7 Å². The number of aliphatic carboxylic acids is 1. The normalized spacial score (nSPS) is 16.3. The number of carbonyl (C=O) groups is 2. The first-order chi connectivity index (χ1) is 22.2. The number of fused-ring (bicyclic) bond motifs is 1. The molecule has 0 spiro atoms. The predicted octanol–water partition coefficient (Wildman–Crippen LogP) is 6.27. The third-order valence-corrected chi connectivity index (χ3v) is 9.81. The Morgan fingerprint density at radius 1 is 0.935 bits per heavy atom. The molecule has 2 aliphatic rings. The van der Waals surface area contributed by atoms with Crippen LogP contribution in [0.15, 0.2) is 52.3 Å². The fraction of sp³-hybridized carbons (Fsp3) is 0.441. The zero-order valence-corrected chi connectivity index (χ0v) is 27.8. The summed E-state index contributed by atoms with van der Waals surface area (Å²) >= 11 is 6.81. The molecule has 46 heavy (non-hydrogen) atoms. The zero-order chi connectivity index (χ0) is 32.6. The number of amides is 1. The van der Waals surface area contributed by atoms with Crippen LogP contribution in [0.3, 0.4) is 0 Å². The maximum absolute atomic E-state index is 13.9. The van der Waals surface area contributed by atoms with Gasteiger partial charge in [0.1, 0.15) is 21.6 Å². The molecule has 5 rings (SSSR count). The van der Waals surface area contributed by atoms with E-state index in [-0.39, 0.29) is 23.7 Å². The fourth-order valence-corrected chi connectivity index (χ4v) is 7.16. The Hall–Kier alpha value is -3.77. The van der Waals surface area contributed by atoms with Gasteiger partial charge >= 0.3 is 5.97 Å². The van der Waals surface area contributed by atoms with Crippen LogP contribution in [-0.4, -0.2) is 68.3 Å². The third-order valence-electron chi connectivity index (χ3n) is 8.43. The van der Waals surface area contributed by atoms with Crippen LogP contribution in [0.25, 0.3) is 11.7 Å². The molecule has 0 bridgehead atoms. The van der Waals surface area contributed by atoms with E-state index in [9.17, 15) is 18.8 Å². The summed E-state index contributed by atoms with van der Waals surface area (Å²) in [7, 11) is 0. The van der Waals surface area contributed by atoms with Crippen molar-refractivity contribution in [3.05, 3.63) is 74.8 Å². The quantitative estimate of drug-likeness (QED) is 0.122. The summed E-state index contributed by atoms with van der Waals surface area (Å²) in [5, 5.41) is 8.73. The van der Waals surface area contributed by atoms with Crippen molar-refractivity contribution in [1.29, 1.82) is 0 Å². The summed E-state index contributed by atoms with van der Waals surface area (Å²) in [5.74, 6) is -0.651. The Morgan fingerprint density at radius 2 is 1.57 bits per heavy atom. The molecule has 2 aliphatic heterocycles. The Bertz CT molecular complexity index is 1670. The van der Waals surface area contributed by atoms with E-state index in [1.807, 2.05) is 19.1 Å². The van der Waals surface area contributed by atoms with Crippen molar-refractivity contribution in [2.75, 3.05) is 42.5 Å². The summed E-state index contributed by atoms with van der Waals surface area (Å²) in [6, 6.07) is 10.2. The minimum absolute atomic E-state index is 0.186. The van der Waals surface area contributed by atoms with E-state index < -0.39 is 5.97 Å². The first kappa shape index (κ1) is 33.6. The number of pyridine rings is 1. The van der Waals surface area contributed by atoms with Crippen LogP contribution < -0.4 is 15.4 Å². The summed E-state index contributed by atoms with van der Waals surface area (Å²) < 4.78 is 15.5. The molecule has 2 aromatic heterocycles. The molecule has 0 aliphatic carbocycles. The number of aromatic nitrogens is 2. The van der Waals surface area contributed by atoms with Gasteiger partial charge in [-0.3, -0.25) is 23.7 Å². The first-order valence-electron chi connectivity index (χ1n) is 16.0. The second-order valence-electron chi connectivity index (χ2n) is 11.8. The maximum Gasteiger partial charge on any atom is 0.303 e. The largest absolute Gasteiger partial charge is 0.481 e. The topological polar surface area (TPSA) is 98.5 Å². The number of hydrogen-bond donors (Lipinski definition) is 1. The van der Waals surface area contributed by atoms with E-state index in [2.05, 4.69) is 9.80 Å². The second kappa shape index (κ2) is 15.7. The molecule has 1 aromatic carbocycles. The number of thiocarbonyl (C=S) groups is 1. The number of carboxylic acid groups (broad SMARTS) is 1. The van der Waals surface area contributed by atoms with Crippen LogP contribution in [0.4, 0.5) is 15.9 Å². The van der Waals surface area contributed by atoms with Crippen molar-refractivity contribution < 1.29 is 19.1 Å². The number of rotatable bonds is 14. The lowest BCUT2D eigenvalue weighted by Gasteiger charge is -2.37. The fourth-order valence-electron chi connectivity index (χ4n) is 5.87. The van der Waals surface area contributed by atoms with Gasteiger partial charge < -0.3 is 14.9 Å². The molecular formula is C34H40FN5O4S2. The maximum atomic E-state index is 13.9. The van der Waals surface area contributed by atoms with Crippen LogP contribution in [0.1, 0.15) is 68.9 Å². The number of carboxylic acids is 1. The van der Waals surface area contributed by atoms with Gasteiger partial charge in [0.15, 0.2) is 0 Å². The third kappa shape index (κ3) is 8.33. The number of anilines is 2. The number of nitrogens with zero attached hydrogens (tertiary/aromatic N) is 5. The lowest BCUT2D eigenvalue weighted by molar-refractivity contribution is -0.137. The molecule has 0 radical (unpaired) electrons. The van der Waals surface area contributed by atoms with Crippen LogP contribution in [0, 0.1) is 12.7 Å². The van der Waals surface area contributed by atoms with Gasteiger partial charge in [-0.15, -0.1) is 0 Å². The molecule has 0 saturated carbocycles. The molecule has 0 atom stereocenters. The number of piperazine rings is 1. The van der Waals surface area contributed by atoms with Gasteiger partial charge in [0.05, 0.1) is 10.5 Å². The van der Waals surface area contributed by atoms with E-state index in [0.29, 0.717) is 59.0 Å². The highest BCUT2D eigenvalue weighted by atomic mass is 32.2. The molecule has 2 saturated heterocycles. The highest BCUT2D eigenvalue weighted by Gasteiger charge is 2.33. The van der Waals surface area contributed by atoms with E-state index in [0.717, 1.165) is 62.6 Å². The van der Waals surface area contributed by atoms with Gasteiger partial charge in [-0.25, -0.2) is 9.37 Å². The average Bonchev–Trinajstić information content (AvgIpc) is 3.31. The standard InChI is InChI=1S/C34H40FN5O4S2/c1-24-11-16-29-36-31(38-20-18-37(19-21-38)26-14-12-25(35)13-15-26)27(32(43)40(29)23-24)22-28-33(44)39(34(45)46-28)17-9-7-5-3-2-4-6-8-10-30(41)42/h11-16,22-23H,2-10,17-21H2,1H3,(H,41,42). The first-order valence-corrected chi connectivity index (χ1v) is 17.2. The molecule has 9 nitrogen and oxygen atoms in total. The highest BCUT2D eigenvalue weighted by Crippen LogP contribution is 2.34. The number of halogens is 1. The van der Waals surface area contributed by atoms with Crippen molar-refractivity contribution in [2.45, 2.75) is 64.7 Å². The van der Waals surface area contributed by atoms with Gasteiger partial charge in [0, 0.05) is 51.0 Å². The highest BCUT2D eigenvalue weighted by molar-refractivity contribution is 8.26. The molecule has 4 heterocycles. The van der Waals surface area contributed by atoms with Crippen molar-refractivity contribution in [3.8, 4) is 0 Å². The Morgan fingerprint density at radius 3 is 2.24 bits per heavy atom. The Labute approximate surface area is 278 Å². The molecule has 1 N–H and O–H groups in total. The second-order valence-corrected chi connectivity index (χ2v) is 13.5. The zero-order valence-electron chi connectivity index (χ0n) is 26.1. The van der Waals surface area contributed by atoms with E-state index in [1.165, 1.54) is 28.3 Å². The lowest BCUT2D eigenvalue weighted by Crippen LogP contribution is -2.47. The van der Waals surface area contributed by atoms with Gasteiger partial charge in [-0.2, -0.15) is 0 Å². The predicted molar refractivity (Wildman–Crippen MR) is 186 cm³/mol. The van der Waals surface area contributed by atoms with E-state index in [4.69, 9.17) is 22.3 Å². The minimum atomic E-state index is -0.736.